The molecule has 15 heavy (non-hydrogen) atoms. The largest absolute Gasteiger partial charge is 0.325 e. The van der Waals surface area contributed by atoms with Gasteiger partial charge in [-0.05, 0) is 30.7 Å². The molecule has 2 nitrogen and oxygen atoms in total. The average Bonchev–Trinajstić information content (AvgIpc) is 2.22. The molecule has 4 heteroatoms. The van der Waals surface area contributed by atoms with Crippen LogP contribution in [0.1, 0.15) is 19.8 Å². The van der Waals surface area contributed by atoms with E-state index in [0.717, 1.165) is 18.5 Å². The van der Waals surface area contributed by atoms with Crippen LogP contribution in [0, 0.1) is 0 Å². The van der Waals surface area contributed by atoms with Crippen molar-refractivity contribution < 1.29 is 4.79 Å². The van der Waals surface area contributed by atoms with Crippen LogP contribution < -0.4 is 5.32 Å². The molecule has 0 aliphatic heterocycles. The monoisotopic (exact) mass is 289 g/mol. The SMILES string of the molecule is CCCC(Br)C(=O)Nc1ccc(Cl)cc1. The minimum atomic E-state index is -0.127. The highest BCUT2D eigenvalue weighted by molar-refractivity contribution is 9.10. The van der Waals surface area contributed by atoms with Gasteiger partial charge in [0.2, 0.25) is 5.91 Å². The van der Waals surface area contributed by atoms with Gasteiger partial charge < -0.3 is 5.32 Å². The number of carbonyl (C=O) groups is 1. The number of alkyl halides is 1. The Morgan fingerprint density at radius 3 is 2.60 bits per heavy atom. The molecule has 0 fully saturated rings. The van der Waals surface area contributed by atoms with Gasteiger partial charge in [-0.15, -0.1) is 0 Å². The lowest BCUT2D eigenvalue weighted by Crippen LogP contribution is -2.22. The molecule has 0 aliphatic rings. The fourth-order valence-electron chi connectivity index (χ4n) is 1.14. The molecule has 0 saturated carbocycles. The molecule has 0 heterocycles. The Kier molecular flexibility index (Phi) is 5.12. The van der Waals surface area contributed by atoms with Crippen LogP contribution in [0.4, 0.5) is 5.69 Å². The van der Waals surface area contributed by atoms with Crippen molar-refractivity contribution in [2.24, 2.45) is 0 Å². The first-order valence-electron chi connectivity index (χ1n) is 4.84. The molecule has 1 amide bonds. The highest BCUT2D eigenvalue weighted by atomic mass is 79.9. The summed E-state index contributed by atoms with van der Waals surface area (Å²) in [5, 5.41) is 3.47. The van der Waals surface area contributed by atoms with E-state index in [0.29, 0.717) is 5.02 Å². The van der Waals surface area contributed by atoms with E-state index in [4.69, 9.17) is 11.6 Å². The molecule has 0 radical (unpaired) electrons. The summed E-state index contributed by atoms with van der Waals surface area (Å²) in [6.07, 6.45) is 1.81. The Morgan fingerprint density at radius 1 is 1.47 bits per heavy atom. The zero-order valence-electron chi connectivity index (χ0n) is 8.47. The maximum Gasteiger partial charge on any atom is 0.238 e. The molecule has 0 aromatic heterocycles. The number of hydrogen-bond donors (Lipinski definition) is 1. The Bertz CT molecular complexity index is 326. The normalized spacial score (nSPS) is 12.2. The second-order valence-corrected chi connectivity index (χ2v) is 4.79. The molecule has 1 aromatic rings. The van der Waals surface area contributed by atoms with Crippen LogP contribution in [0.2, 0.25) is 5.02 Å². The molecule has 1 atom stereocenters. The first-order chi connectivity index (χ1) is 7.13. The van der Waals surface area contributed by atoms with Crippen molar-refractivity contribution in [3.8, 4) is 0 Å². The Hall–Kier alpha value is -0.540. The van der Waals surface area contributed by atoms with Gasteiger partial charge in [-0.3, -0.25) is 4.79 Å². The molecular weight excluding hydrogens is 277 g/mol. The smallest absolute Gasteiger partial charge is 0.238 e. The molecule has 82 valence electrons. The third-order valence-corrected chi connectivity index (χ3v) is 3.06. The second-order valence-electron chi connectivity index (χ2n) is 3.25. The van der Waals surface area contributed by atoms with Crippen molar-refractivity contribution in [1.82, 2.24) is 0 Å². The van der Waals surface area contributed by atoms with Crippen LogP contribution in [-0.2, 0) is 4.79 Å². The van der Waals surface area contributed by atoms with Crippen molar-refractivity contribution in [3.05, 3.63) is 29.3 Å². The predicted molar refractivity (Wildman–Crippen MR) is 67.7 cm³/mol. The second kappa shape index (κ2) is 6.13. The van der Waals surface area contributed by atoms with Crippen molar-refractivity contribution in [1.29, 1.82) is 0 Å². The lowest BCUT2D eigenvalue weighted by atomic mass is 10.2. The van der Waals surface area contributed by atoms with Crippen LogP contribution in [-0.4, -0.2) is 10.7 Å². The first-order valence-corrected chi connectivity index (χ1v) is 6.13. The van der Waals surface area contributed by atoms with E-state index in [9.17, 15) is 4.79 Å². The van der Waals surface area contributed by atoms with Crippen molar-refractivity contribution >= 4 is 39.1 Å². The molecule has 1 rings (SSSR count). The van der Waals surface area contributed by atoms with E-state index < -0.39 is 0 Å². The number of rotatable bonds is 4. The van der Waals surface area contributed by atoms with E-state index in [1.807, 2.05) is 6.92 Å². The van der Waals surface area contributed by atoms with Crippen LogP contribution >= 0.6 is 27.5 Å². The molecule has 0 spiro atoms. The molecule has 1 aromatic carbocycles. The van der Waals surface area contributed by atoms with Gasteiger partial charge in [0.05, 0.1) is 4.83 Å². The third-order valence-electron chi connectivity index (χ3n) is 1.94. The minimum absolute atomic E-state index is 0.0147. The van der Waals surface area contributed by atoms with Crippen LogP contribution in [0.5, 0.6) is 0 Å². The molecule has 0 aliphatic carbocycles. The van der Waals surface area contributed by atoms with E-state index in [1.54, 1.807) is 24.3 Å². The summed E-state index contributed by atoms with van der Waals surface area (Å²) in [6.45, 7) is 2.05. The number of benzene rings is 1. The van der Waals surface area contributed by atoms with Gasteiger partial charge in [0.15, 0.2) is 0 Å². The number of hydrogen-bond acceptors (Lipinski definition) is 1. The average molecular weight is 291 g/mol. The lowest BCUT2D eigenvalue weighted by Gasteiger charge is -2.09. The minimum Gasteiger partial charge on any atom is -0.325 e. The summed E-state index contributed by atoms with van der Waals surface area (Å²) in [4.78, 5) is 11.5. The maximum absolute atomic E-state index is 11.6. The van der Waals surface area contributed by atoms with E-state index >= 15 is 0 Å². The third kappa shape index (κ3) is 4.22. The van der Waals surface area contributed by atoms with Crippen molar-refractivity contribution in [2.45, 2.75) is 24.6 Å². The summed E-state index contributed by atoms with van der Waals surface area (Å²) in [7, 11) is 0. The zero-order chi connectivity index (χ0) is 11.3. The van der Waals surface area contributed by atoms with E-state index in [1.165, 1.54) is 0 Å². The zero-order valence-corrected chi connectivity index (χ0v) is 10.8. The quantitative estimate of drug-likeness (QED) is 0.839. The molecule has 0 saturated heterocycles. The number of carbonyl (C=O) groups excluding carboxylic acids is 1. The molecular formula is C11H13BrClNO. The fraction of sp³-hybridized carbons (Fsp3) is 0.364. The standard InChI is InChI=1S/C11H13BrClNO/c1-2-3-10(12)11(15)14-9-6-4-8(13)5-7-9/h4-7,10H,2-3H2,1H3,(H,14,15). The van der Waals surface area contributed by atoms with Crippen LogP contribution in [0.15, 0.2) is 24.3 Å². The number of anilines is 1. The van der Waals surface area contributed by atoms with Gasteiger partial charge in [0.25, 0.3) is 0 Å². The van der Waals surface area contributed by atoms with Gasteiger partial charge in [-0.2, -0.15) is 0 Å². The number of halogens is 2. The van der Waals surface area contributed by atoms with Gasteiger partial charge in [0, 0.05) is 10.7 Å². The summed E-state index contributed by atoms with van der Waals surface area (Å²) >= 11 is 9.08. The van der Waals surface area contributed by atoms with Gasteiger partial charge in [-0.25, -0.2) is 0 Å². The van der Waals surface area contributed by atoms with Gasteiger partial charge in [0.1, 0.15) is 0 Å². The van der Waals surface area contributed by atoms with E-state index in [2.05, 4.69) is 21.2 Å². The lowest BCUT2D eigenvalue weighted by molar-refractivity contribution is -0.115. The Morgan fingerprint density at radius 2 is 2.07 bits per heavy atom. The Labute approximate surface area is 103 Å². The highest BCUT2D eigenvalue weighted by Gasteiger charge is 2.13. The van der Waals surface area contributed by atoms with Crippen LogP contribution in [0.25, 0.3) is 0 Å². The fourth-order valence-corrected chi connectivity index (χ4v) is 1.84. The van der Waals surface area contributed by atoms with Gasteiger partial charge in [-0.1, -0.05) is 40.9 Å². The van der Waals surface area contributed by atoms with Crippen molar-refractivity contribution in [2.75, 3.05) is 5.32 Å². The van der Waals surface area contributed by atoms with Crippen molar-refractivity contribution in [3.63, 3.8) is 0 Å². The Balaban J connectivity index is 2.54. The van der Waals surface area contributed by atoms with Gasteiger partial charge >= 0.3 is 0 Å². The first kappa shape index (κ1) is 12.5. The summed E-state index contributed by atoms with van der Waals surface area (Å²) in [5.74, 6) is -0.0147. The molecule has 0 bridgehead atoms. The maximum atomic E-state index is 11.6. The summed E-state index contributed by atoms with van der Waals surface area (Å²) < 4.78 is 0. The van der Waals surface area contributed by atoms with Crippen LogP contribution in [0.3, 0.4) is 0 Å². The summed E-state index contributed by atoms with van der Waals surface area (Å²) in [5.41, 5.74) is 0.768. The molecule has 1 unspecified atom stereocenters. The summed E-state index contributed by atoms with van der Waals surface area (Å²) in [6, 6.07) is 7.07. The predicted octanol–water partition coefficient (Wildman–Crippen LogP) is 3.84. The number of amides is 1. The molecule has 1 N–H and O–H groups in total. The topological polar surface area (TPSA) is 29.1 Å². The highest BCUT2D eigenvalue weighted by Crippen LogP contribution is 2.15. The number of nitrogens with one attached hydrogen (secondary N) is 1. The van der Waals surface area contributed by atoms with E-state index in [-0.39, 0.29) is 10.7 Å².